The number of benzene rings is 1. The number of hydrogen-bond donors (Lipinski definition) is 1. The van der Waals surface area contributed by atoms with E-state index < -0.39 is 29.3 Å². The van der Waals surface area contributed by atoms with Crippen LogP contribution in [0.25, 0.3) is 5.69 Å². The Hall–Kier alpha value is -2.20. The second-order valence-electron chi connectivity index (χ2n) is 7.22. The second kappa shape index (κ2) is 8.27. The summed E-state index contributed by atoms with van der Waals surface area (Å²) in [6.07, 6.45) is -3.39. The molecule has 0 aliphatic carbocycles. The van der Waals surface area contributed by atoms with Crippen molar-refractivity contribution in [1.82, 2.24) is 25.2 Å². The average Bonchev–Trinajstić information content (AvgIpc) is 3.24. The molecule has 0 radical (unpaired) electrons. The van der Waals surface area contributed by atoms with Crippen LogP contribution in [0.4, 0.5) is 17.6 Å². The van der Waals surface area contributed by atoms with Gasteiger partial charge in [-0.3, -0.25) is 4.79 Å². The minimum atomic E-state index is -4.87. The van der Waals surface area contributed by atoms with E-state index in [1.54, 1.807) is 0 Å². The quantitative estimate of drug-likeness (QED) is 0.740. The zero-order valence-corrected chi connectivity index (χ0v) is 16.1. The van der Waals surface area contributed by atoms with Crippen molar-refractivity contribution in [2.75, 3.05) is 26.2 Å². The monoisotopic (exact) mass is 433 g/mol. The van der Waals surface area contributed by atoms with E-state index in [9.17, 15) is 22.4 Å². The third-order valence-electron chi connectivity index (χ3n) is 5.50. The number of rotatable bonds is 2. The van der Waals surface area contributed by atoms with Crippen LogP contribution >= 0.6 is 12.4 Å². The smallest absolute Gasteiger partial charge is 0.337 e. The number of alkyl halides is 3. The lowest BCUT2D eigenvalue weighted by molar-refractivity contribution is -0.143. The predicted molar refractivity (Wildman–Crippen MR) is 98.6 cm³/mol. The maximum atomic E-state index is 13.8. The Morgan fingerprint density at radius 2 is 1.79 bits per heavy atom. The third-order valence-corrected chi connectivity index (χ3v) is 5.50. The lowest BCUT2D eigenvalue weighted by Crippen LogP contribution is -2.34. The number of carbonyl (C=O) groups is 1. The van der Waals surface area contributed by atoms with Crippen LogP contribution in [0.1, 0.15) is 29.0 Å². The Morgan fingerprint density at radius 1 is 1.14 bits per heavy atom. The molecule has 0 saturated carbocycles. The molecule has 2 aliphatic rings. The highest BCUT2D eigenvalue weighted by Gasteiger charge is 2.43. The molecule has 0 spiro atoms. The summed E-state index contributed by atoms with van der Waals surface area (Å²) in [6.45, 7) is 2.50. The topological polar surface area (TPSA) is 63.1 Å². The molecule has 1 N–H and O–H groups in total. The number of aromatic nitrogens is 3. The number of halogens is 5. The SMILES string of the molecule is Cl.O=C(c1nnn(-c2cccc(F)c2)c1C(F)(F)F)N1CC[C@@H]2CNC[C@@H]2CC1. The lowest BCUT2D eigenvalue weighted by atomic mass is 9.92. The predicted octanol–water partition coefficient (Wildman–Crippen LogP) is 2.92. The molecule has 0 bridgehead atoms. The van der Waals surface area contributed by atoms with Gasteiger partial charge in [-0.15, -0.1) is 17.5 Å². The van der Waals surface area contributed by atoms with Crippen molar-refractivity contribution < 1.29 is 22.4 Å². The summed E-state index contributed by atoms with van der Waals surface area (Å²) in [5.74, 6) is -0.629. The van der Waals surface area contributed by atoms with Gasteiger partial charge in [0.2, 0.25) is 0 Å². The van der Waals surface area contributed by atoms with Gasteiger partial charge in [-0.25, -0.2) is 9.07 Å². The molecule has 158 valence electrons. The largest absolute Gasteiger partial charge is 0.435 e. The van der Waals surface area contributed by atoms with Crippen LogP contribution in [0.15, 0.2) is 24.3 Å². The molecule has 2 aromatic rings. The van der Waals surface area contributed by atoms with Gasteiger partial charge in [0.15, 0.2) is 11.4 Å². The Labute approximate surface area is 170 Å². The summed E-state index contributed by atoms with van der Waals surface area (Å²) in [5, 5.41) is 10.4. The van der Waals surface area contributed by atoms with Crippen LogP contribution in [0.3, 0.4) is 0 Å². The number of fused-ring (bicyclic) bond motifs is 1. The Bertz CT molecular complexity index is 873. The van der Waals surface area contributed by atoms with Gasteiger partial charge in [-0.05, 0) is 56.0 Å². The van der Waals surface area contributed by atoms with E-state index in [1.807, 2.05) is 0 Å². The van der Waals surface area contributed by atoms with E-state index in [4.69, 9.17) is 0 Å². The van der Waals surface area contributed by atoms with Gasteiger partial charge in [0.1, 0.15) is 5.82 Å². The molecule has 6 nitrogen and oxygen atoms in total. The average molecular weight is 434 g/mol. The van der Waals surface area contributed by atoms with E-state index in [2.05, 4.69) is 15.6 Å². The number of nitrogens with zero attached hydrogens (tertiary/aromatic N) is 4. The summed E-state index contributed by atoms with van der Waals surface area (Å²) in [4.78, 5) is 14.3. The molecule has 1 amide bonds. The second-order valence-corrected chi connectivity index (χ2v) is 7.22. The molecular weight excluding hydrogens is 414 g/mol. The van der Waals surface area contributed by atoms with Gasteiger partial charge in [0.25, 0.3) is 5.91 Å². The molecule has 1 aromatic heterocycles. The summed E-state index contributed by atoms with van der Waals surface area (Å²) >= 11 is 0. The van der Waals surface area contributed by atoms with Gasteiger partial charge < -0.3 is 10.2 Å². The van der Waals surface area contributed by atoms with E-state index in [0.717, 1.165) is 38.1 Å². The fraction of sp³-hybridized carbons (Fsp3) is 0.500. The molecule has 1 aromatic carbocycles. The molecule has 4 rings (SSSR count). The summed E-state index contributed by atoms with van der Waals surface area (Å²) in [6, 6.07) is 4.58. The number of likely N-dealkylation sites (tertiary alicyclic amines) is 1. The highest BCUT2D eigenvalue weighted by Crippen LogP contribution is 2.34. The van der Waals surface area contributed by atoms with Crippen LogP contribution in [0.2, 0.25) is 0 Å². The maximum absolute atomic E-state index is 13.8. The van der Waals surface area contributed by atoms with Gasteiger partial charge >= 0.3 is 6.18 Å². The fourth-order valence-electron chi connectivity index (χ4n) is 4.04. The van der Waals surface area contributed by atoms with E-state index in [-0.39, 0.29) is 18.1 Å². The zero-order chi connectivity index (χ0) is 19.9. The molecule has 11 heteroatoms. The Morgan fingerprint density at radius 3 is 2.38 bits per heavy atom. The lowest BCUT2D eigenvalue weighted by Gasteiger charge is -2.20. The first-order chi connectivity index (χ1) is 13.3. The van der Waals surface area contributed by atoms with Crippen LogP contribution in [0.5, 0.6) is 0 Å². The highest BCUT2D eigenvalue weighted by molar-refractivity contribution is 5.93. The van der Waals surface area contributed by atoms with Crippen LogP contribution in [-0.4, -0.2) is 52.0 Å². The molecule has 2 aliphatic heterocycles. The van der Waals surface area contributed by atoms with E-state index >= 15 is 0 Å². The van der Waals surface area contributed by atoms with Crippen molar-refractivity contribution in [3.05, 3.63) is 41.5 Å². The van der Waals surface area contributed by atoms with Crippen LogP contribution in [0, 0.1) is 17.7 Å². The van der Waals surface area contributed by atoms with Gasteiger partial charge in [0, 0.05) is 13.1 Å². The van der Waals surface area contributed by atoms with Crippen molar-refractivity contribution >= 4 is 18.3 Å². The summed E-state index contributed by atoms with van der Waals surface area (Å²) < 4.78 is 55.2. The number of amides is 1. The van der Waals surface area contributed by atoms with E-state index in [1.165, 1.54) is 17.0 Å². The summed E-state index contributed by atoms with van der Waals surface area (Å²) in [5.41, 5.74) is -2.17. The van der Waals surface area contributed by atoms with Gasteiger partial charge in [0.05, 0.1) is 5.69 Å². The molecule has 3 heterocycles. The first-order valence-electron chi connectivity index (χ1n) is 9.13. The molecule has 29 heavy (non-hydrogen) atoms. The highest BCUT2D eigenvalue weighted by atomic mass is 35.5. The molecule has 2 fully saturated rings. The van der Waals surface area contributed by atoms with E-state index in [0.29, 0.717) is 29.6 Å². The van der Waals surface area contributed by atoms with Crippen molar-refractivity contribution in [2.24, 2.45) is 11.8 Å². The molecule has 2 saturated heterocycles. The maximum Gasteiger partial charge on any atom is 0.435 e. The summed E-state index contributed by atoms with van der Waals surface area (Å²) in [7, 11) is 0. The number of carbonyl (C=O) groups excluding carboxylic acids is 1. The van der Waals surface area contributed by atoms with Gasteiger partial charge in [-0.1, -0.05) is 11.3 Å². The first-order valence-corrected chi connectivity index (χ1v) is 9.13. The van der Waals surface area contributed by atoms with Gasteiger partial charge in [-0.2, -0.15) is 13.2 Å². The van der Waals surface area contributed by atoms with Crippen molar-refractivity contribution in [3.63, 3.8) is 0 Å². The minimum Gasteiger partial charge on any atom is -0.337 e. The number of hydrogen-bond acceptors (Lipinski definition) is 4. The minimum absolute atomic E-state index is 0. The first kappa shape index (κ1) is 21.5. The van der Waals surface area contributed by atoms with Crippen molar-refractivity contribution in [2.45, 2.75) is 19.0 Å². The third kappa shape index (κ3) is 4.23. The molecule has 0 unspecified atom stereocenters. The van der Waals surface area contributed by atoms with Crippen molar-refractivity contribution in [3.8, 4) is 5.69 Å². The fourth-order valence-corrected chi connectivity index (χ4v) is 4.04. The van der Waals surface area contributed by atoms with Crippen molar-refractivity contribution in [1.29, 1.82) is 0 Å². The normalized spacial score (nSPS) is 22.0. The molecule has 2 atom stereocenters. The zero-order valence-electron chi connectivity index (χ0n) is 15.3. The standard InChI is InChI=1S/C18H19F4N5O.ClH/c19-13-2-1-3-14(8-13)27-16(18(20,21)22)15(24-25-27)17(28)26-6-4-11-9-23-10-12(11)5-7-26;/h1-3,8,11-12,23H,4-7,9-10H2;1H/t11-,12+;. The Balaban J connectivity index is 0.00000240. The number of nitrogens with one attached hydrogen (secondary N) is 1. The van der Waals surface area contributed by atoms with Crippen LogP contribution in [-0.2, 0) is 6.18 Å². The Kier molecular flexibility index (Phi) is 6.13. The molecular formula is C18H20ClF4N5O. The van der Waals surface area contributed by atoms with Crippen LogP contribution < -0.4 is 5.32 Å².